The van der Waals surface area contributed by atoms with Crippen LogP contribution in [0.2, 0.25) is 0 Å². The van der Waals surface area contributed by atoms with E-state index in [0.717, 1.165) is 23.3 Å². The van der Waals surface area contributed by atoms with Crippen LogP contribution in [0.4, 0.5) is 8.78 Å². The Morgan fingerprint density at radius 2 is 1.91 bits per heavy atom. The highest BCUT2D eigenvalue weighted by Gasteiger charge is 2.33. The van der Waals surface area contributed by atoms with Gasteiger partial charge in [0.1, 0.15) is 17.2 Å². The number of aliphatic hydroxyl groups is 1. The summed E-state index contributed by atoms with van der Waals surface area (Å²) < 4.78 is 27.8. The number of carbonyl (C=O) groups excluding carboxylic acids is 1. The SMILES string of the molecule is N#Cc1cc(F)c(C(=O)N[C@@H]2c3ccccc3C[C@H]2O)c(F)c1. The highest BCUT2D eigenvalue weighted by molar-refractivity contribution is 5.95. The van der Waals surface area contributed by atoms with E-state index in [4.69, 9.17) is 5.26 Å². The fourth-order valence-corrected chi connectivity index (χ4v) is 2.82. The first kappa shape index (κ1) is 15.1. The number of halogens is 2. The summed E-state index contributed by atoms with van der Waals surface area (Å²) in [4.78, 5) is 12.2. The summed E-state index contributed by atoms with van der Waals surface area (Å²) in [5, 5.41) is 21.2. The van der Waals surface area contributed by atoms with Crippen LogP contribution in [0, 0.1) is 23.0 Å². The van der Waals surface area contributed by atoms with E-state index in [2.05, 4.69) is 5.32 Å². The molecule has 0 radical (unpaired) electrons. The Balaban J connectivity index is 1.90. The topological polar surface area (TPSA) is 73.1 Å². The number of fused-ring (bicyclic) bond motifs is 1. The van der Waals surface area contributed by atoms with Crippen molar-refractivity contribution in [2.24, 2.45) is 0 Å². The van der Waals surface area contributed by atoms with Crippen LogP contribution in [0.25, 0.3) is 0 Å². The lowest BCUT2D eigenvalue weighted by atomic mass is 10.1. The van der Waals surface area contributed by atoms with E-state index < -0.39 is 35.3 Å². The largest absolute Gasteiger partial charge is 0.390 e. The monoisotopic (exact) mass is 314 g/mol. The maximum atomic E-state index is 13.9. The fraction of sp³-hybridized carbons (Fsp3) is 0.176. The molecule has 0 aromatic heterocycles. The zero-order valence-corrected chi connectivity index (χ0v) is 11.9. The minimum absolute atomic E-state index is 0.206. The number of aliphatic hydroxyl groups excluding tert-OH is 1. The zero-order chi connectivity index (χ0) is 16.6. The van der Waals surface area contributed by atoms with Crippen LogP contribution >= 0.6 is 0 Å². The third-order valence-corrected chi connectivity index (χ3v) is 3.89. The molecule has 0 unspecified atom stereocenters. The van der Waals surface area contributed by atoms with Gasteiger partial charge in [0.2, 0.25) is 0 Å². The van der Waals surface area contributed by atoms with Crippen LogP contribution in [0.1, 0.15) is 33.1 Å². The van der Waals surface area contributed by atoms with Gasteiger partial charge in [0, 0.05) is 6.42 Å². The molecule has 2 atom stereocenters. The minimum Gasteiger partial charge on any atom is -0.390 e. The van der Waals surface area contributed by atoms with Crippen molar-refractivity contribution in [3.63, 3.8) is 0 Å². The van der Waals surface area contributed by atoms with Crippen molar-refractivity contribution in [2.75, 3.05) is 0 Å². The number of amides is 1. The van der Waals surface area contributed by atoms with Gasteiger partial charge in [0.15, 0.2) is 0 Å². The number of nitrogens with one attached hydrogen (secondary N) is 1. The van der Waals surface area contributed by atoms with Gasteiger partial charge in [-0.2, -0.15) is 5.26 Å². The van der Waals surface area contributed by atoms with Gasteiger partial charge in [0.05, 0.1) is 23.8 Å². The van der Waals surface area contributed by atoms with E-state index in [0.29, 0.717) is 6.42 Å². The first-order chi connectivity index (χ1) is 11.0. The highest BCUT2D eigenvalue weighted by atomic mass is 19.1. The van der Waals surface area contributed by atoms with Crippen LogP contribution in [-0.2, 0) is 6.42 Å². The molecular formula is C17H12F2N2O2. The summed E-state index contributed by atoms with van der Waals surface area (Å²) in [6.45, 7) is 0. The molecule has 0 fully saturated rings. The average Bonchev–Trinajstić information content (AvgIpc) is 2.82. The molecule has 0 bridgehead atoms. The molecular weight excluding hydrogens is 302 g/mol. The Morgan fingerprint density at radius 1 is 1.26 bits per heavy atom. The van der Waals surface area contributed by atoms with Gasteiger partial charge in [-0.1, -0.05) is 24.3 Å². The average molecular weight is 314 g/mol. The smallest absolute Gasteiger partial charge is 0.257 e. The van der Waals surface area contributed by atoms with E-state index in [9.17, 15) is 18.7 Å². The predicted octanol–water partition coefficient (Wildman–Crippen LogP) is 2.22. The number of benzene rings is 2. The highest BCUT2D eigenvalue weighted by Crippen LogP contribution is 2.31. The number of rotatable bonds is 2. The van der Waals surface area contributed by atoms with Gasteiger partial charge in [-0.15, -0.1) is 0 Å². The van der Waals surface area contributed by atoms with E-state index in [1.807, 2.05) is 12.1 Å². The third-order valence-electron chi connectivity index (χ3n) is 3.89. The van der Waals surface area contributed by atoms with Crippen molar-refractivity contribution in [2.45, 2.75) is 18.6 Å². The zero-order valence-electron chi connectivity index (χ0n) is 11.9. The van der Waals surface area contributed by atoms with Gasteiger partial charge >= 0.3 is 0 Å². The van der Waals surface area contributed by atoms with Crippen molar-refractivity contribution in [3.05, 3.63) is 70.3 Å². The van der Waals surface area contributed by atoms with Crippen molar-refractivity contribution < 1.29 is 18.7 Å². The van der Waals surface area contributed by atoms with Gasteiger partial charge in [-0.3, -0.25) is 4.79 Å². The standard InChI is InChI=1S/C17H12F2N2O2/c18-12-5-9(8-20)6-13(19)15(12)17(23)21-16-11-4-2-1-3-10(11)7-14(16)22/h1-6,14,16,22H,7H2,(H,21,23)/t14-,16-/m1/s1. The molecule has 2 N–H and O–H groups in total. The van der Waals surface area contributed by atoms with Gasteiger partial charge < -0.3 is 10.4 Å². The van der Waals surface area contributed by atoms with E-state index in [-0.39, 0.29) is 5.56 Å². The van der Waals surface area contributed by atoms with Crippen molar-refractivity contribution >= 4 is 5.91 Å². The first-order valence-corrected chi connectivity index (χ1v) is 6.97. The lowest BCUT2D eigenvalue weighted by molar-refractivity contribution is 0.0850. The number of hydrogen-bond donors (Lipinski definition) is 2. The molecule has 116 valence electrons. The maximum absolute atomic E-state index is 13.9. The molecule has 23 heavy (non-hydrogen) atoms. The van der Waals surface area contributed by atoms with E-state index in [1.54, 1.807) is 18.2 Å². The molecule has 0 saturated carbocycles. The minimum atomic E-state index is -1.11. The van der Waals surface area contributed by atoms with Crippen LogP contribution in [-0.4, -0.2) is 17.1 Å². The second kappa shape index (κ2) is 5.78. The molecule has 0 saturated heterocycles. The fourth-order valence-electron chi connectivity index (χ4n) is 2.82. The van der Waals surface area contributed by atoms with Gasteiger partial charge in [0.25, 0.3) is 5.91 Å². The summed E-state index contributed by atoms with van der Waals surface area (Å²) in [6.07, 6.45) is -0.500. The Labute approximate surface area is 131 Å². The Kier molecular flexibility index (Phi) is 3.80. The molecule has 1 amide bonds. The molecule has 4 nitrogen and oxygen atoms in total. The van der Waals surface area contributed by atoms with Crippen LogP contribution < -0.4 is 5.32 Å². The summed E-state index contributed by atoms with van der Waals surface area (Å²) in [5.74, 6) is -3.19. The summed E-state index contributed by atoms with van der Waals surface area (Å²) in [5.41, 5.74) is 0.636. The normalized spacial score (nSPS) is 19.0. The maximum Gasteiger partial charge on any atom is 0.257 e. The summed E-state index contributed by atoms with van der Waals surface area (Å²) >= 11 is 0. The first-order valence-electron chi connectivity index (χ1n) is 6.97. The summed E-state index contributed by atoms with van der Waals surface area (Å²) in [7, 11) is 0. The van der Waals surface area contributed by atoms with Crippen LogP contribution in [0.15, 0.2) is 36.4 Å². The quantitative estimate of drug-likeness (QED) is 0.893. The molecule has 0 aliphatic heterocycles. The second-order valence-electron chi connectivity index (χ2n) is 5.35. The lowest BCUT2D eigenvalue weighted by Gasteiger charge is -2.18. The molecule has 2 aromatic rings. The van der Waals surface area contributed by atoms with Crippen LogP contribution in [0.3, 0.4) is 0 Å². The lowest BCUT2D eigenvalue weighted by Crippen LogP contribution is -2.34. The number of carbonyl (C=O) groups is 1. The molecule has 2 aromatic carbocycles. The predicted molar refractivity (Wildman–Crippen MR) is 77.4 cm³/mol. The van der Waals surface area contributed by atoms with Crippen LogP contribution in [0.5, 0.6) is 0 Å². The van der Waals surface area contributed by atoms with E-state index >= 15 is 0 Å². The molecule has 1 aliphatic carbocycles. The van der Waals surface area contributed by atoms with Gasteiger partial charge in [-0.25, -0.2) is 8.78 Å². The third kappa shape index (κ3) is 2.67. The second-order valence-corrected chi connectivity index (χ2v) is 5.35. The number of nitrogens with zero attached hydrogens (tertiary/aromatic N) is 1. The van der Waals surface area contributed by atoms with E-state index in [1.165, 1.54) is 0 Å². The molecule has 0 spiro atoms. The number of nitriles is 1. The Hall–Kier alpha value is -2.78. The number of hydrogen-bond acceptors (Lipinski definition) is 3. The van der Waals surface area contributed by atoms with Crippen molar-refractivity contribution in [1.29, 1.82) is 5.26 Å². The van der Waals surface area contributed by atoms with Gasteiger partial charge in [-0.05, 0) is 23.3 Å². The molecule has 3 rings (SSSR count). The van der Waals surface area contributed by atoms with Crippen molar-refractivity contribution in [3.8, 4) is 6.07 Å². The molecule has 6 heteroatoms. The van der Waals surface area contributed by atoms with Crippen molar-refractivity contribution in [1.82, 2.24) is 5.32 Å². The Bertz CT molecular complexity index is 807. The summed E-state index contributed by atoms with van der Waals surface area (Å²) in [6, 6.07) is 9.65. The Morgan fingerprint density at radius 3 is 2.57 bits per heavy atom. The molecule has 0 heterocycles. The molecule has 1 aliphatic rings.